The number of carbonyl (C=O) groups is 2. The Labute approximate surface area is 170 Å². The maximum atomic E-state index is 13.4. The van der Waals surface area contributed by atoms with Crippen LogP contribution in [0, 0.1) is 0 Å². The van der Waals surface area contributed by atoms with Crippen molar-refractivity contribution in [1.29, 1.82) is 0 Å². The van der Waals surface area contributed by atoms with Crippen molar-refractivity contribution in [2.45, 2.75) is 19.4 Å². The number of nitrogens with zero attached hydrogens (tertiary/aromatic N) is 2. The van der Waals surface area contributed by atoms with Gasteiger partial charge in [-0.15, -0.1) is 0 Å². The van der Waals surface area contributed by atoms with E-state index in [0.717, 1.165) is 19.5 Å². The number of hydrogen-bond acceptors (Lipinski definition) is 4. The lowest BCUT2D eigenvalue weighted by molar-refractivity contribution is -0.119. The number of hydrogen-bond donors (Lipinski definition) is 2. The van der Waals surface area contributed by atoms with Gasteiger partial charge in [0.15, 0.2) is 0 Å². The minimum absolute atomic E-state index is 0.127. The van der Waals surface area contributed by atoms with E-state index in [2.05, 4.69) is 15.5 Å². The molecule has 148 valence electrons. The van der Waals surface area contributed by atoms with Gasteiger partial charge in [-0.1, -0.05) is 23.7 Å². The van der Waals surface area contributed by atoms with Crippen molar-refractivity contribution in [3.63, 3.8) is 0 Å². The van der Waals surface area contributed by atoms with E-state index in [4.69, 9.17) is 11.6 Å². The van der Waals surface area contributed by atoms with Crippen LogP contribution in [0.4, 0.5) is 17.1 Å². The van der Waals surface area contributed by atoms with Gasteiger partial charge in [-0.25, -0.2) is 0 Å². The minimum Gasteiger partial charge on any atom is -0.320 e. The monoisotopic (exact) mass is 400 g/mol. The van der Waals surface area contributed by atoms with E-state index < -0.39 is 6.04 Å². The molecule has 1 aliphatic rings. The largest absolute Gasteiger partial charge is 0.320 e. The molecule has 1 atom stereocenters. The first-order valence-electron chi connectivity index (χ1n) is 9.30. The molecule has 0 fully saturated rings. The van der Waals surface area contributed by atoms with Crippen molar-refractivity contribution in [2.24, 2.45) is 0 Å². The summed E-state index contributed by atoms with van der Waals surface area (Å²) in [5, 5.41) is 6.65. The first kappa shape index (κ1) is 20.3. The average Bonchev–Trinajstić information content (AvgIpc) is 2.78. The molecule has 0 aliphatic carbocycles. The second-order valence-corrected chi connectivity index (χ2v) is 7.58. The normalized spacial score (nSPS) is 14.2. The smallest absolute Gasteiger partial charge is 0.257 e. The highest BCUT2D eigenvalue weighted by atomic mass is 35.5. The highest BCUT2D eigenvalue weighted by molar-refractivity contribution is 6.31. The van der Waals surface area contributed by atoms with Crippen molar-refractivity contribution in [1.82, 2.24) is 10.2 Å². The average molecular weight is 401 g/mol. The van der Waals surface area contributed by atoms with E-state index in [1.54, 1.807) is 41.3 Å². The Bertz CT molecular complexity index is 884. The van der Waals surface area contributed by atoms with Crippen molar-refractivity contribution in [3.05, 3.63) is 53.1 Å². The van der Waals surface area contributed by atoms with Gasteiger partial charge in [-0.2, -0.15) is 0 Å². The standard InChI is InChI=1S/C21H25ClN4O2/c1-14(23-11-6-12-25(2)3)21(28)26-18-8-5-4-7-16(18)20(27)24-17-13-15(22)9-10-19(17)26/h4-5,7-10,13-14,23H,6,11-12H2,1-3H3,(H,24,27). The maximum absolute atomic E-state index is 13.4. The lowest BCUT2D eigenvalue weighted by atomic mass is 10.1. The highest BCUT2D eigenvalue weighted by Gasteiger charge is 2.31. The molecule has 0 radical (unpaired) electrons. The SMILES string of the molecule is CC(NCCCN(C)C)C(=O)N1c2ccc(Cl)cc2NC(=O)c2ccccc21. The van der Waals surface area contributed by atoms with Gasteiger partial charge in [0.1, 0.15) is 0 Å². The molecule has 0 bridgehead atoms. The summed E-state index contributed by atoms with van der Waals surface area (Å²) in [5.41, 5.74) is 2.13. The molecule has 7 heteroatoms. The van der Waals surface area contributed by atoms with Gasteiger partial charge in [-0.05, 0) is 70.9 Å². The molecule has 1 unspecified atom stereocenters. The lowest BCUT2D eigenvalue weighted by Crippen LogP contribution is -2.43. The number of anilines is 3. The number of para-hydroxylation sites is 1. The number of fused-ring (bicyclic) bond motifs is 2. The van der Waals surface area contributed by atoms with Gasteiger partial charge in [0.25, 0.3) is 5.91 Å². The fourth-order valence-electron chi connectivity index (χ4n) is 3.22. The van der Waals surface area contributed by atoms with Gasteiger partial charge >= 0.3 is 0 Å². The molecule has 2 amide bonds. The van der Waals surface area contributed by atoms with Crippen LogP contribution in [0.25, 0.3) is 0 Å². The molecule has 6 nitrogen and oxygen atoms in total. The molecule has 1 heterocycles. The molecule has 1 aliphatic heterocycles. The van der Waals surface area contributed by atoms with E-state index in [-0.39, 0.29) is 11.8 Å². The van der Waals surface area contributed by atoms with Crippen LogP contribution in [0.15, 0.2) is 42.5 Å². The van der Waals surface area contributed by atoms with Gasteiger partial charge < -0.3 is 15.5 Å². The van der Waals surface area contributed by atoms with Crippen LogP contribution in [0.3, 0.4) is 0 Å². The first-order valence-corrected chi connectivity index (χ1v) is 9.68. The molecular weight excluding hydrogens is 376 g/mol. The zero-order chi connectivity index (χ0) is 20.3. The van der Waals surface area contributed by atoms with E-state index in [1.165, 1.54) is 0 Å². The summed E-state index contributed by atoms with van der Waals surface area (Å²) in [6.07, 6.45) is 0.938. The molecule has 2 N–H and O–H groups in total. The quantitative estimate of drug-likeness (QED) is 0.728. The summed E-state index contributed by atoms with van der Waals surface area (Å²) in [6.45, 7) is 3.52. The maximum Gasteiger partial charge on any atom is 0.257 e. The molecule has 2 aromatic rings. The second kappa shape index (κ2) is 8.73. The predicted molar refractivity (Wildman–Crippen MR) is 114 cm³/mol. The van der Waals surface area contributed by atoms with Crippen LogP contribution in [0.2, 0.25) is 5.02 Å². The van der Waals surface area contributed by atoms with Crippen molar-refractivity contribution >= 4 is 40.5 Å². The van der Waals surface area contributed by atoms with Crippen LogP contribution in [0.5, 0.6) is 0 Å². The summed E-state index contributed by atoms with van der Waals surface area (Å²) in [4.78, 5) is 29.8. The zero-order valence-electron chi connectivity index (χ0n) is 16.3. The van der Waals surface area contributed by atoms with E-state index in [1.807, 2.05) is 27.1 Å². The Hall–Kier alpha value is -2.41. The summed E-state index contributed by atoms with van der Waals surface area (Å²) < 4.78 is 0. The topological polar surface area (TPSA) is 64.7 Å². The Morgan fingerprint density at radius 1 is 1.21 bits per heavy atom. The van der Waals surface area contributed by atoms with Crippen LogP contribution in [0.1, 0.15) is 23.7 Å². The molecular formula is C21H25ClN4O2. The van der Waals surface area contributed by atoms with Gasteiger partial charge in [-0.3, -0.25) is 14.5 Å². The molecule has 0 saturated carbocycles. The van der Waals surface area contributed by atoms with Gasteiger partial charge in [0, 0.05) is 5.02 Å². The number of halogens is 1. The Morgan fingerprint density at radius 3 is 2.71 bits per heavy atom. The second-order valence-electron chi connectivity index (χ2n) is 7.14. The fraction of sp³-hybridized carbons (Fsp3) is 0.333. The number of amides is 2. The third kappa shape index (κ3) is 4.35. The fourth-order valence-corrected chi connectivity index (χ4v) is 3.39. The third-order valence-electron chi connectivity index (χ3n) is 4.66. The number of nitrogens with one attached hydrogen (secondary N) is 2. The van der Waals surface area contributed by atoms with Crippen molar-refractivity contribution < 1.29 is 9.59 Å². The van der Waals surface area contributed by atoms with Gasteiger partial charge in [0.05, 0.1) is 28.7 Å². The summed E-state index contributed by atoms with van der Waals surface area (Å²) >= 11 is 6.12. The zero-order valence-corrected chi connectivity index (χ0v) is 17.1. The Kier molecular flexibility index (Phi) is 6.34. The van der Waals surface area contributed by atoms with Crippen molar-refractivity contribution in [3.8, 4) is 0 Å². The van der Waals surface area contributed by atoms with Crippen LogP contribution in [-0.4, -0.2) is 49.9 Å². The Morgan fingerprint density at radius 2 is 1.96 bits per heavy atom. The Balaban J connectivity index is 1.93. The van der Waals surface area contributed by atoms with E-state index in [0.29, 0.717) is 27.6 Å². The van der Waals surface area contributed by atoms with Crippen LogP contribution >= 0.6 is 11.6 Å². The molecule has 3 rings (SSSR count). The molecule has 0 aromatic heterocycles. The van der Waals surface area contributed by atoms with Crippen LogP contribution < -0.4 is 15.5 Å². The number of benzene rings is 2. The number of rotatable bonds is 6. The first-order chi connectivity index (χ1) is 13.4. The molecule has 0 spiro atoms. The third-order valence-corrected chi connectivity index (χ3v) is 4.90. The predicted octanol–water partition coefficient (Wildman–Crippen LogP) is 3.50. The van der Waals surface area contributed by atoms with E-state index in [9.17, 15) is 9.59 Å². The van der Waals surface area contributed by atoms with Gasteiger partial charge in [0.2, 0.25) is 5.91 Å². The summed E-state index contributed by atoms with van der Waals surface area (Å²) in [6, 6.07) is 11.8. The van der Waals surface area contributed by atoms with E-state index >= 15 is 0 Å². The summed E-state index contributed by atoms with van der Waals surface area (Å²) in [7, 11) is 4.05. The highest BCUT2D eigenvalue weighted by Crippen LogP contribution is 2.39. The summed E-state index contributed by atoms with van der Waals surface area (Å²) in [5.74, 6) is -0.390. The molecule has 0 saturated heterocycles. The van der Waals surface area contributed by atoms with Crippen molar-refractivity contribution in [2.75, 3.05) is 37.4 Å². The molecule has 2 aromatic carbocycles. The lowest BCUT2D eigenvalue weighted by Gasteiger charge is -2.27. The van der Waals surface area contributed by atoms with Crippen LogP contribution in [-0.2, 0) is 4.79 Å². The minimum atomic E-state index is -0.410. The number of carbonyl (C=O) groups excluding carboxylic acids is 2. The molecule has 28 heavy (non-hydrogen) atoms.